The maximum atomic E-state index is 10.0. The zero-order valence-electron chi connectivity index (χ0n) is 19.5. The number of rotatable bonds is 5. The highest BCUT2D eigenvalue weighted by atomic mass is 35.5. The first-order valence-electron chi connectivity index (χ1n) is 11.8. The first-order valence-corrected chi connectivity index (χ1v) is 12.2. The zero-order chi connectivity index (χ0) is 24.1. The highest BCUT2D eigenvalue weighted by molar-refractivity contribution is 6.33. The molecule has 4 heterocycles. The first-order chi connectivity index (χ1) is 17.0. The Morgan fingerprint density at radius 3 is 2.37 bits per heavy atom. The van der Waals surface area contributed by atoms with E-state index >= 15 is 0 Å². The van der Waals surface area contributed by atoms with Crippen molar-refractivity contribution in [2.75, 3.05) is 13.2 Å². The lowest BCUT2D eigenvalue weighted by molar-refractivity contribution is 0.00593. The summed E-state index contributed by atoms with van der Waals surface area (Å²) in [6.45, 7) is 4.70. The molecule has 2 aromatic heterocycles. The van der Waals surface area contributed by atoms with Crippen LogP contribution in [0, 0.1) is 0 Å². The van der Waals surface area contributed by atoms with Crippen molar-refractivity contribution in [2.24, 2.45) is 0 Å². The Kier molecular flexibility index (Phi) is 5.73. The average Bonchev–Trinajstić information content (AvgIpc) is 3.54. The van der Waals surface area contributed by atoms with Gasteiger partial charge in [0.25, 0.3) is 6.01 Å². The van der Waals surface area contributed by atoms with Crippen molar-refractivity contribution in [1.29, 1.82) is 0 Å². The van der Waals surface area contributed by atoms with E-state index in [0.29, 0.717) is 34.5 Å². The number of nitrogens with zero attached hydrogens (tertiary/aromatic N) is 3. The fraction of sp³-hybridized carbons (Fsp3) is 0.333. The molecule has 1 N–H and O–H groups in total. The number of ether oxygens (including phenoxy) is 3. The van der Waals surface area contributed by atoms with Gasteiger partial charge in [0.2, 0.25) is 0 Å². The van der Waals surface area contributed by atoms with Gasteiger partial charge in [-0.05, 0) is 31.0 Å². The minimum absolute atomic E-state index is 0.0465. The Labute approximate surface area is 208 Å². The summed E-state index contributed by atoms with van der Waals surface area (Å²) in [6, 6.07) is 20.8. The number of aromatic nitrogens is 3. The van der Waals surface area contributed by atoms with Gasteiger partial charge in [0.1, 0.15) is 23.8 Å². The summed E-state index contributed by atoms with van der Waals surface area (Å²) in [5.74, 6) is 0. The molecule has 2 aliphatic heterocycles. The van der Waals surface area contributed by atoms with Gasteiger partial charge in [0.05, 0.1) is 23.9 Å². The number of halogens is 1. The normalized spacial score (nSPS) is 23.8. The number of hydrogen-bond acceptors (Lipinski definition) is 6. The van der Waals surface area contributed by atoms with Gasteiger partial charge in [0.15, 0.2) is 11.8 Å². The van der Waals surface area contributed by atoms with E-state index in [1.807, 2.05) is 41.0 Å². The summed E-state index contributed by atoms with van der Waals surface area (Å²) in [4.78, 5) is 9.63. The van der Waals surface area contributed by atoms with E-state index < -0.39 is 6.10 Å². The van der Waals surface area contributed by atoms with Crippen molar-refractivity contribution >= 4 is 22.8 Å². The third kappa shape index (κ3) is 3.98. The van der Waals surface area contributed by atoms with Gasteiger partial charge in [-0.2, -0.15) is 4.98 Å². The van der Waals surface area contributed by atoms with Crippen molar-refractivity contribution < 1.29 is 19.3 Å². The summed E-state index contributed by atoms with van der Waals surface area (Å²) >= 11 is 6.67. The number of imidazole rings is 1. The van der Waals surface area contributed by atoms with Crippen molar-refractivity contribution in [3.63, 3.8) is 0 Å². The Balaban J connectivity index is 1.35. The van der Waals surface area contributed by atoms with Crippen LogP contribution in [0.25, 0.3) is 33.5 Å². The molecular weight excluding hydrogens is 466 g/mol. The molecular formula is C27H26ClN3O4. The van der Waals surface area contributed by atoms with E-state index in [9.17, 15) is 5.11 Å². The molecule has 180 valence electrons. The van der Waals surface area contributed by atoms with Crippen LogP contribution in [-0.2, 0) is 9.47 Å². The number of benzene rings is 2. The van der Waals surface area contributed by atoms with Gasteiger partial charge in [-0.25, -0.2) is 4.98 Å². The van der Waals surface area contributed by atoms with Crippen LogP contribution in [0.4, 0.5) is 0 Å². The highest BCUT2D eigenvalue weighted by Crippen LogP contribution is 2.35. The topological polar surface area (TPSA) is 78.6 Å². The Morgan fingerprint density at radius 2 is 1.63 bits per heavy atom. The minimum atomic E-state index is -0.631. The van der Waals surface area contributed by atoms with Gasteiger partial charge in [-0.15, -0.1) is 0 Å². The number of hydrogen-bond donors (Lipinski definition) is 1. The summed E-state index contributed by atoms with van der Waals surface area (Å²) in [5.41, 5.74) is 5.26. The molecule has 2 saturated heterocycles. The van der Waals surface area contributed by atoms with Gasteiger partial charge in [0, 0.05) is 11.6 Å². The summed E-state index contributed by atoms with van der Waals surface area (Å²) < 4.78 is 19.7. The standard InChI is InChI=1S/C27H26ClN3O4/c1-15(2)31-26-20(29-27(31)35-22-14-34-24-21(32)13-33-25(22)24)12-19(28)23(30-26)18-10-8-17(9-11-18)16-6-4-3-5-7-16/h3-12,15,21-22,24-25,32H,13-14H2,1-2H3/t21-,22-,24-,25?/m1/s1. The van der Waals surface area contributed by atoms with Gasteiger partial charge < -0.3 is 19.3 Å². The average molecular weight is 492 g/mol. The molecule has 0 aliphatic carbocycles. The highest BCUT2D eigenvalue weighted by Gasteiger charge is 2.49. The van der Waals surface area contributed by atoms with Gasteiger partial charge in [-0.1, -0.05) is 66.2 Å². The molecule has 4 aromatic rings. The second kappa shape index (κ2) is 8.91. The number of fused-ring (bicyclic) bond motifs is 2. The number of aliphatic hydroxyl groups excluding tert-OH is 1. The van der Waals surface area contributed by atoms with Crippen molar-refractivity contribution in [3.8, 4) is 28.4 Å². The zero-order valence-corrected chi connectivity index (χ0v) is 20.2. The first kappa shape index (κ1) is 22.5. The van der Waals surface area contributed by atoms with Crippen LogP contribution in [0.15, 0.2) is 60.7 Å². The fourth-order valence-corrected chi connectivity index (χ4v) is 5.11. The Hall–Kier alpha value is -2.97. The van der Waals surface area contributed by atoms with Crippen LogP contribution in [0.1, 0.15) is 19.9 Å². The number of aliphatic hydroxyl groups is 1. The van der Waals surface area contributed by atoms with Crippen LogP contribution in [-0.4, -0.2) is 57.3 Å². The molecule has 4 atom stereocenters. The fourth-order valence-electron chi connectivity index (χ4n) is 4.86. The Bertz CT molecular complexity index is 1360. The summed E-state index contributed by atoms with van der Waals surface area (Å²) in [6.07, 6.45) is -1.67. The molecule has 7 nitrogen and oxygen atoms in total. The van der Waals surface area contributed by atoms with Crippen LogP contribution >= 0.6 is 11.6 Å². The van der Waals surface area contributed by atoms with Crippen molar-refractivity contribution in [1.82, 2.24) is 14.5 Å². The molecule has 1 unspecified atom stereocenters. The van der Waals surface area contributed by atoms with Gasteiger partial charge >= 0.3 is 0 Å². The molecule has 2 aromatic carbocycles. The van der Waals surface area contributed by atoms with Crippen LogP contribution in [0.5, 0.6) is 6.01 Å². The van der Waals surface area contributed by atoms with E-state index in [-0.39, 0.29) is 31.0 Å². The lowest BCUT2D eigenvalue weighted by Crippen LogP contribution is -2.35. The van der Waals surface area contributed by atoms with E-state index in [2.05, 4.69) is 38.1 Å². The maximum Gasteiger partial charge on any atom is 0.299 e. The summed E-state index contributed by atoms with van der Waals surface area (Å²) in [5, 5.41) is 10.6. The predicted molar refractivity (Wildman–Crippen MR) is 134 cm³/mol. The molecule has 0 amide bonds. The number of pyridine rings is 1. The van der Waals surface area contributed by atoms with E-state index in [0.717, 1.165) is 16.7 Å². The van der Waals surface area contributed by atoms with E-state index in [1.54, 1.807) is 0 Å². The maximum absolute atomic E-state index is 10.0. The Morgan fingerprint density at radius 1 is 0.943 bits per heavy atom. The quantitative estimate of drug-likeness (QED) is 0.427. The van der Waals surface area contributed by atoms with E-state index in [1.165, 1.54) is 0 Å². The molecule has 0 bridgehead atoms. The van der Waals surface area contributed by atoms with Crippen LogP contribution in [0.2, 0.25) is 5.02 Å². The predicted octanol–water partition coefficient (Wildman–Crippen LogP) is 4.91. The molecule has 35 heavy (non-hydrogen) atoms. The second-order valence-electron chi connectivity index (χ2n) is 9.28. The van der Waals surface area contributed by atoms with Gasteiger partial charge in [-0.3, -0.25) is 4.57 Å². The molecule has 0 radical (unpaired) electrons. The lowest BCUT2D eigenvalue weighted by atomic mass is 10.0. The lowest BCUT2D eigenvalue weighted by Gasteiger charge is -2.19. The molecule has 0 saturated carbocycles. The third-order valence-corrected chi connectivity index (χ3v) is 6.90. The molecule has 0 spiro atoms. The SMILES string of the molecule is CC(C)n1c(O[C@@H]2CO[C@H]3C2OC[C@H]3O)nc2cc(Cl)c(-c3ccc(-c4ccccc4)cc3)nc21. The largest absolute Gasteiger partial charge is 0.456 e. The van der Waals surface area contributed by atoms with E-state index in [4.69, 9.17) is 35.8 Å². The van der Waals surface area contributed by atoms with Crippen molar-refractivity contribution in [2.45, 2.75) is 44.3 Å². The third-order valence-electron chi connectivity index (χ3n) is 6.61. The molecule has 2 fully saturated rings. The van der Waals surface area contributed by atoms with Crippen LogP contribution < -0.4 is 4.74 Å². The smallest absolute Gasteiger partial charge is 0.299 e. The molecule has 2 aliphatic rings. The molecule has 6 rings (SSSR count). The molecule has 8 heteroatoms. The minimum Gasteiger partial charge on any atom is -0.456 e. The summed E-state index contributed by atoms with van der Waals surface area (Å²) in [7, 11) is 0. The monoisotopic (exact) mass is 491 g/mol. The second-order valence-corrected chi connectivity index (χ2v) is 9.69. The van der Waals surface area contributed by atoms with Crippen molar-refractivity contribution in [3.05, 3.63) is 65.7 Å². The van der Waals surface area contributed by atoms with Crippen LogP contribution in [0.3, 0.4) is 0 Å².